The van der Waals surface area contributed by atoms with Gasteiger partial charge in [0.2, 0.25) is 0 Å². The fourth-order valence-corrected chi connectivity index (χ4v) is 4.40. The first-order valence-electron chi connectivity index (χ1n) is 12.1. The minimum atomic E-state index is -0.00396. The summed E-state index contributed by atoms with van der Waals surface area (Å²) in [5.41, 5.74) is 4.49. The Bertz CT molecular complexity index is 1290. The molecule has 0 saturated carbocycles. The number of aromatic nitrogens is 2. The first kappa shape index (κ1) is 23.5. The number of ether oxygens (including phenoxy) is 2. The molecule has 3 aromatic carbocycles. The van der Waals surface area contributed by atoms with Crippen molar-refractivity contribution in [3.63, 3.8) is 0 Å². The van der Waals surface area contributed by atoms with Gasteiger partial charge in [-0.15, -0.1) is 0 Å². The maximum absolute atomic E-state index is 13.4. The molecule has 7 heteroatoms. The minimum Gasteiger partial charge on any atom is -0.497 e. The first-order chi connectivity index (χ1) is 17.6. The molecule has 1 saturated heterocycles. The predicted molar refractivity (Wildman–Crippen MR) is 140 cm³/mol. The van der Waals surface area contributed by atoms with Crippen LogP contribution in [0.4, 0.5) is 5.69 Å². The molecule has 0 aliphatic carbocycles. The molecule has 2 heterocycles. The lowest BCUT2D eigenvalue weighted by molar-refractivity contribution is 0.0737. The Morgan fingerprint density at radius 3 is 2.14 bits per heavy atom. The van der Waals surface area contributed by atoms with Crippen LogP contribution in [0.2, 0.25) is 0 Å². The lowest BCUT2D eigenvalue weighted by Gasteiger charge is -2.36. The molecule has 0 radical (unpaired) electrons. The van der Waals surface area contributed by atoms with Gasteiger partial charge in [-0.05, 0) is 67.1 Å². The van der Waals surface area contributed by atoms with E-state index in [1.54, 1.807) is 11.8 Å². The van der Waals surface area contributed by atoms with Gasteiger partial charge in [0.1, 0.15) is 23.8 Å². The molecule has 1 aromatic heterocycles. The van der Waals surface area contributed by atoms with Gasteiger partial charge in [-0.3, -0.25) is 4.79 Å². The summed E-state index contributed by atoms with van der Waals surface area (Å²) in [5, 5.41) is 4.56. The molecule has 1 fully saturated rings. The van der Waals surface area contributed by atoms with Crippen molar-refractivity contribution in [3.05, 3.63) is 102 Å². The zero-order chi connectivity index (χ0) is 24.9. The van der Waals surface area contributed by atoms with Gasteiger partial charge in [0.25, 0.3) is 5.91 Å². The smallest absolute Gasteiger partial charge is 0.272 e. The van der Waals surface area contributed by atoms with Crippen LogP contribution in [0.25, 0.3) is 5.69 Å². The Hall–Kier alpha value is -4.26. The van der Waals surface area contributed by atoms with Crippen LogP contribution in [0.5, 0.6) is 11.5 Å². The Kier molecular flexibility index (Phi) is 6.89. The highest BCUT2D eigenvalue weighted by Crippen LogP contribution is 2.23. The van der Waals surface area contributed by atoms with E-state index in [2.05, 4.69) is 34.3 Å². The average Bonchev–Trinajstić information content (AvgIpc) is 3.34. The van der Waals surface area contributed by atoms with Crippen LogP contribution < -0.4 is 14.4 Å². The second-order valence-corrected chi connectivity index (χ2v) is 8.83. The normalized spacial score (nSPS) is 13.5. The highest BCUT2D eigenvalue weighted by Gasteiger charge is 2.25. The summed E-state index contributed by atoms with van der Waals surface area (Å²) in [6.45, 7) is 5.29. The minimum absolute atomic E-state index is 0.00396. The van der Waals surface area contributed by atoms with Crippen LogP contribution in [0.15, 0.2) is 84.9 Å². The van der Waals surface area contributed by atoms with E-state index >= 15 is 0 Å². The third-order valence-electron chi connectivity index (χ3n) is 6.38. The van der Waals surface area contributed by atoms with E-state index in [0.717, 1.165) is 47.2 Å². The molecule has 0 bridgehead atoms. The number of aryl methyl sites for hydroxylation is 1. The van der Waals surface area contributed by atoms with Gasteiger partial charge < -0.3 is 19.3 Å². The molecule has 1 amide bonds. The van der Waals surface area contributed by atoms with Crippen molar-refractivity contribution in [3.8, 4) is 17.2 Å². The summed E-state index contributed by atoms with van der Waals surface area (Å²) in [6.07, 6.45) is 0. The van der Waals surface area contributed by atoms with Gasteiger partial charge in [-0.25, -0.2) is 4.68 Å². The van der Waals surface area contributed by atoms with Crippen LogP contribution in [-0.4, -0.2) is 53.9 Å². The molecule has 5 rings (SSSR count). The number of hydrogen-bond acceptors (Lipinski definition) is 5. The largest absolute Gasteiger partial charge is 0.497 e. The van der Waals surface area contributed by atoms with Gasteiger partial charge in [0, 0.05) is 31.9 Å². The van der Waals surface area contributed by atoms with Crippen molar-refractivity contribution in [1.82, 2.24) is 14.7 Å². The van der Waals surface area contributed by atoms with E-state index in [4.69, 9.17) is 9.47 Å². The molecular formula is C29H30N4O3. The van der Waals surface area contributed by atoms with Crippen LogP contribution in [0.1, 0.15) is 21.7 Å². The van der Waals surface area contributed by atoms with Gasteiger partial charge >= 0.3 is 0 Å². The van der Waals surface area contributed by atoms with Crippen molar-refractivity contribution >= 4 is 11.6 Å². The Labute approximate surface area is 211 Å². The maximum atomic E-state index is 13.4. The highest BCUT2D eigenvalue weighted by molar-refractivity contribution is 5.93. The molecule has 4 aromatic rings. The van der Waals surface area contributed by atoms with E-state index in [1.807, 2.05) is 72.5 Å². The number of carbonyl (C=O) groups excluding carboxylic acids is 1. The number of amides is 1. The fraction of sp³-hybridized carbons (Fsp3) is 0.241. The number of nitrogens with zero attached hydrogens (tertiary/aromatic N) is 4. The summed E-state index contributed by atoms with van der Waals surface area (Å²) in [7, 11) is 1.63. The lowest BCUT2D eigenvalue weighted by atomic mass is 10.2. The molecule has 7 nitrogen and oxygen atoms in total. The molecule has 0 atom stereocenters. The monoisotopic (exact) mass is 482 g/mol. The Morgan fingerprint density at radius 2 is 1.47 bits per heavy atom. The van der Waals surface area contributed by atoms with Crippen molar-refractivity contribution in [1.29, 1.82) is 0 Å². The molecular weight excluding hydrogens is 452 g/mol. The average molecular weight is 483 g/mol. The van der Waals surface area contributed by atoms with Gasteiger partial charge in [0.05, 0.1) is 18.5 Å². The number of rotatable bonds is 7. The lowest BCUT2D eigenvalue weighted by Crippen LogP contribution is -2.49. The molecule has 1 aliphatic heterocycles. The predicted octanol–water partition coefficient (Wildman–Crippen LogP) is 4.73. The van der Waals surface area contributed by atoms with Crippen LogP contribution in [-0.2, 0) is 6.61 Å². The number of benzene rings is 3. The van der Waals surface area contributed by atoms with Crippen LogP contribution in [0.3, 0.4) is 0 Å². The van der Waals surface area contributed by atoms with Gasteiger partial charge in [0.15, 0.2) is 0 Å². The first-order valence-corrected chi connectivity index (χ1v) is 12.1. The number of carbonyl (C=O) groups is 1. The topological polar surface area (TPSA) is 59.8 Å². The second-order valence-electron chi connectivity index (χ2n) is 8.83. The van der Waals surface area contributed by atoms with Crippen molar-refractivity contribution in [2.45, 2.75) is 13.5 Å². The molecule has 0 N–H and O–H groups in total. The SMILES string of the molecule is COc1ccc(-n2nc(C)cc2C(=O)N2CCN(c3ccc(OCc4ccccc4)cc3)CC2)cc1. The van der Waals surface area contributed by atoms with Crippen LogP contribution >= 0.6 is 0 Å². The standard InChI is InChI=1S/C29H30N4O3/c1-22-20-28(33(30-22)25-10-12-26(35-2)13-11-25)29(34)32-18-16-31(17-19-32)24-8-14-27(15-9-24)36-21-23-6-4-3-5-7-23/h3-15,20H,16-19,21H2,1-2H3. The summed E-state index contributed by atoms with van der Waals surface area (Å²) in [5.74, 6) is 1.61. The number of anilines is 1. The van der Waals surface area contributed by atoms with Crippen LogP contribution in [0, 0.1) is 6.92 Å². The third-order valence-corrected chi connectivity index (χ3v) is 6.38. The van der Waals surface area contributed by atoms with Crippen molar-refractivity contribution in [2.24, 2.45) is 0 Å². The Balaban J connectivity index is 1.20. The third kappa shape index (κ3) is 5.20. The quantitative estimate of drug-likeness (QED) is 0.381. The zero-order valence-electron chi connectivity index (χ0n) is 20.6. The van der Waals surface area contributed by atoms with Gasteiger partial charge in [-0.1, -0.05) is 30.3 Å². The molecule has 36 heavy (non-hydrogen) atoms. The van der Waals surface area contributed by atoms with Crippen molar-refractivity contribution in [2.75, 3.05) is 38.2 Å². The van der Waals surface area contributed by atoms with E-state index in [9.17, 15) is 4.79 Å². The highest BCUT2D eigenvalue weighted by atomic mass is 16.5. The van der Waals surface area contributed by atoms with E-state index in [0.29, 0.717) is 25.4 Å². The van der Waals surface area contributed by atoms with Crippen molar-refractivity contribution < 1.29 is 14.3 Å². The van der Waals surface area contributed by atoms with Gasteiger partial charge in [-0.2, -0.15) is 5.10 Å². The maximum Gasteiger partial charge on any atom is 0.272 e. The summed E-state index contributed by atoms with van der Waals surface area (Å²) in [4.78, 5) is 17.6. The summed E-state index contributed by atoms with van der Waals surface area (Å²) >= 11 is 0. The fourth-order valence-electron chi connectivity index (χ4n) is 4.40. The zero-order valence-corrected chi connectivity index (χ0v) is 20.6. The second kappa shape index (κ2) is 10.6. The molecule has 184 valence electrons. The number of hydrogen-bond donors (Lipinski definition) is 0. The molecule has 1 aliphatic rings. The van der Waals surface area contributed by atoms with E-state index < -0.39 is 0 Å². The van der Waals surface area contributed by atoms with E-state index in [-0.39, 0.29) is 5.91 Å². The van der Waals surface area contributed by atoms with E-state index in [1.165, 1.54) is 0 Å². The molecule has 0 spiro atoms. The number of methoxy groups -OCH3 is 1. The summed E-state index contributed by atoms with van der Waals surface area (Å²) in [6, 6.07) is 27.7. The molecule has 0 unspecified atom stereocenters. The number of piperazine rings is 1. The summed E-state index contributed by atoms with van der Waals surface area (Å²) < 4.78 is 12.9. The Morgan fingerprint density at radius 1 is 0.833 bits per heavy atom.